The van der Waals surface area contributed by atoms with E-state index in [2.05, 4.69) is 4.98 Å². The molecule has 0 aliphatic heterocycles. The number of benzene rings is 2. The molecule has 3 rings (SSSR count). The largest absolute Gasteiger partial charge is 0.494 e. The van der Waals surface area contributed by atoms with Gasteiger partial charge in [0.15, 0.2) is 0 Å². The summed E-state index contributed by atoms with van der Waals surface area (Å²) in [5.41, 5.74) is 2.76. The van der Waals surface area contributed by atoms with Gasteiger partial charge in [-0.05, 0) is 68.1 Å². The van der Waals surface area contributed by atoms with Crippen LogP contribution in [0.15, 0.2) is 72.9 Å². The number of pyridine rings is 1. The number of ether oxygens (including phenoxy) is 1. The van der Waals surface area contributed by atoms with E-state index in [0.29, 0.717) is 23.5 Å². The monoisotopic (exact) mass is 373 g/mol. The van der Waals surface area contributed by atoms with Crippen LogP contribution in [0.3, 0.4) is 0 Å². The third kappa shape index (κ3) is 4.92. The van der Waals surface area contributed by atoms with Crippen LogP contribution in [0.4, 0.5) is 0 Å². The predicted octanol–water partition coefficient (Wildman–Crippen LogP) is 4.72. The summed E-state index contributed by atoms with van der Waals surface area (Å²) in [6.45, 7) is 2.45. The molecule has 0 saturated carbocycles. The third-order valence-electron chi connectivity index (χ3n) is 4.50. The number of hydrogen-bond donors (Lipinski definition) is 0. The van der Waals surface area contributed by atoms with Crippen molar-refractivity contribution in [3.05, 3.63) is 95.3 Å². The topological polar surface area (TPSA) is 56.3 Å². The van der Waals surface area contributed by atoms with Crippen LogP contribution >= 0.6 is 0 Å². The number of carbonyl (C=O) groups is 2. The zero-order valence-corrected chi connectivity index (χ0v) is 15.9. The van der Waals surface area contributed by atoms with Crippen LogP contribution < -0.4 is 4.74 Å². The molecule has 0 bridgehead atoms. The van der Waals surface area contributed by atoms with E-state index in [1.165, 1.54) is 0 Å². The van der Waals surface area contributed by atoms with E-state index >= 15 is 0 Å². The molecule has 0 aliphatic carbocycles. The van der Waals surface area contributed by atoms with E-state index < -0.39 is 11.6 Å². The first-order chi connectivity index (χ1) is 13.7. The SMILES string of the molecule is CCOc1ccc(C(=O)C(=O)c2ccccc2CCCc2ccccn2)cc1. The van der Waals surface area contributed by atoms with Gasteiger partial charge in [-0.25, -0.2) is 0 Å². The van der Waals surface area contributed by atoms with Crippen LogP contribution in [-0.2, 0) is 12.8 Å². The fourth-order valence-electron chi connectivity index (χ4n) is 3.09. The smallest absolute Gasteiger partial charge is 0.233 e. The Morgan fingerprint density at radius 2 is 1.61 bits per heavy atom. The highest BCUT2D eigenvalue weighted by atomic mass is 16.5. The first kappa shape index (κ1) is 19.5. The van der Waals surface area contributed by atoms with Gasteiger partial charge in [-0.3, -0.25) is 14.6 Å². The van der Waals surface area contributed by atoms with Crippen molar-refractivity contribution in [2.24, 2.45) is 0 Å². The maximum atomic E-state index is 12.8. The quantitative estimate of drug-likeness (QED) is 0.402. The first-order valence-corrected chi connectivity index (χ1v) is 9.48. The van der Waals surface area contributed by atoms with Gasteiger partial charge in [-0.2, -0.15) is 0 Å². The molecule has 0 atom stereocenters. The molecule has 0 radical (unpaired) electrons. The summed E-state index contributed by atoms with van der Waals surface area (Å²) in [4.78, 5) is 29.8. The summed E-state index contributed by atoms with van der Waals surface area (Å²) < 4.78 is 5.38. The minimum Gasteiger partial charge on any atom is -0.494 e. The average molecular weight is 373 g/mol. The molecule has 0 saturated heterocycles. The molecule has 0 N–H and O–H groups in total. The van der Waals surface area contributed by atoms with Crippen molar-refractivity contribution in [1.82, 2.24) is 4.98 Å². The van der Waals surface area contributed by atoms with E-state index in [-0.39, 0.29) is 0 Å². The molecule has 0 unspecified atom stereocenters. The second-order valence-electron chi connectivity index (χ2n) is 6.45. The molecule has 0 aliphatic rings. The van der Waals surface area contributed by atoms with Gasteiger partial charge in [0.25, 0.3) is 0 Å². The lowest BCUT2D eigenvalue weighted by Gasteiger charge is -2.09. The lowest BCUT2D eigenvalue weighted by atomic mass is 9.94. The van der Waals surface area contributed by atoms with Gasteiger partial charge in [0, 0.05) is 23.0 Å². The highest BCUT2D eigenvalue weighted by Crippen LogP contribution is 2.18. The zero-order valence-electron chi connectivity index (χ0n) is 15.9. The fraction of sp³-hybridized carbons (Fsp3) is 0.208. The van der Waals surface area contributed by atoms with Gasteiger partial charge in [0.05, 0.1) is 6.61 Å². The summed E-state index contributed by atoms with van der Waals surface area (Å²) >= 11 is 0. The number of ketones is 2. The fourth-order valence-corrected chi connectivity index (χ4v) is 3.09. The summed E-state index contributed by atoms with van der Waals surface area (Å²) in [7, 11) is 0. The number of rotatable bonds is 9. The molecule has 1 heterocycles. The highest BCUT2D eigenvalue weighted by Gasteiger charge is 2.20. The van der Waals surface area contributed by atoms with E-state index in [9.17, 15) is 9.59 Å². The maximum Gasteiger partial charge on any atom is 0.233 e. The van der Waals surface area contributed by atoms with Crippen molar-refractivity contribution in [3.8, 4) is 5.75 Å². The van der Waals surface area contributed by atoms with Crippen LogP contribution in [-0.4, -0.2) is 23.2 Å². The Balaban J connectivity index is 1.70. The Hall–Kier alpha value is -3.27. The number of Topliss-reactive ketones (excluding diaryl/α,β-unsaturated/α-hetero) is 2. The second kappa shape index (κ2) is 9.60. The van der Waals surface area contributed by atoms with Crippen LogP contribution in [0.1, 0.15) is 45.3 Å². The maximum absolute atomic E-state index is 12.8. The van der Waals surface area contributed by atoms with Crippen molar-refractivity contribution in [3.63, 3.8) is 0 Å². The average Bonchev–Trinajstić information content (AvgIpc) is 2.75. The lowest BCUT2D eigenvalue weighted by Crippen LogP contribution is -2.16. The molecular formula is C24H23NO3. The van der Waals surface area contributed by atoms with Gasteiger partial charge < -0.3 is 4.74 Å². The number of aromatic nitrogens is 1. The van der Waals surface area contributed by atoms with Crippen LogP contribution in [0.2, 0.25) is 0 Å². The Morgan fingerprint density at radius 1 is 0.857 bits per heavy atom. The van der Waals surface area contributed by atoms with Crippen molar-refractivity contribution in [1.29, 1.82) is 0 Å². The van der Waals surface area contributed by atoms with Crippen molar-refractivity contribution >= 4 is 11.6 Å². The molecule has 0 fully saturated rings. The molecule has 142 valence electrons. The third-order valence-corrected chi connectivity index (χ3v) is 4.50. The second-order valence-corrected chi connectivity index (χ2v) is 6.45. The number of aryl methyl sites for hydroxylation is 2. The van der Waals surface area contributed by atoms with Crippen LogP contribution in [0.5, 0.6) is 5.75 Å². The van der Waals surface area contributed by atoms with E-state index in [4.69, 9.17) is 4.74 Å². The predicted molar refractivity (Wildman–Crippen MR) is 109 cm³/mol. The molecule has 28 heavy (non-hydrogen) atoms. The highest BCUT2D eigenvalue weighted by molar-refractivity contribution is 6.49. The zero-order chi connectivity index (χ0) is 19.8. The van der Waals surface area contributed by atoms with Gasteiger partial charge in [0.2, 0.25) is 11.6 Å². The van der Waals surface area contributed by atoms with E-state index in [0.717, 1.165) is 30.5 Å². The van der Waals surface area contributed by atoms with Gasteiger partial charge in [0.1, 0.15) is 5.75 Å². The normalized spacial score (nSPS) is 10.5. The molecule has 0 spiro atoms. The van der Waals surface area contributed by atoms with Crippen molar-refractivity contribution < 1.29 is 14.3 Å². The van der Waals surface area contributed by atoms with Gasteiger partial charge >= 0.3 is 0 Å². The van der Waals surface area contributed by atoms with E-state index in [1.54, 1.807) is 42.6 Å². The Kier molecular flexibility index (Phi) is 6.68. The van der Waals surface area contributed by atoms with Gasteiger partial charge in [-0.1, -0.05) is 30.3 Å². The summed E-state index contributed by atoms with van der Waals surface area (Å²) in [5, 5.41) is 0. The summed E-state index contributed by atoms with van der Waals surface area (Å²) in [6, 6.07) is 19.9. The molecule has 0 amide bonds. The molecule has 3 aromatic rings. The molecule has 2 aromatic carbocycles. The van der Waals surface area contributed by atoms with E-state index in [1.807, 2.05) is 37.3 Å². The summed E-state index contributed by atoms with van der Waals surface area (Å²) in [5.74, 6) is -0.292. The van der Waals surface area contributed by atoms with Crippen molar-refractivity contribution in [2.75, 3.05) is 6.61 Å². The standard InChI is InChI=1S/C24H23NO3/c1-2-28-21-15-13-19(14-16-21)23(26)24(27)22-12-4-3-8-18(22)9-7-11-20-10-5-6-17-25-20/h3-6,8,10,12-17H,2,7,9,11H2,1H3. The van der Waals surface area contributed by atoms with Gasteiger partial charge in [-0.15, -0.1) is 0 Å². The molecule has 4 nitrogen and oxygen atoms in total. The molecule has 1 aromatic heterocycles. The Labute approximate surface area is 165 Å². The first-order valence-electron chi connectivity index (χ1n) is 9.48. The number of nitrogens with zero attached hydrogens (tertiary/aromatic N) is 1. The van der Waals surface area contributed by atoms with Crippen molar-refractivity contribution in [2.45, 2.75) is 26.2 Å². The number of hydrogen-bond acceptors (Lipinski definition) is 4. The Morgan fingerprint density at radius 3 is 2.32 bits per heavy atom. The minimum absolute atomic E-state index is 0.372. The van der Waals surface area contributed by atoms with Crippen LogP contribution in [0.25, 0.3) is 0 Å². The molecule has 4 heteroatoms. The molecular weight excluding hydrogens is 350 g/mol. The number of carbonyl (C=O) groups excluding carboxylic acids is 2. The Bertz CT molecular complexity index is 934. The summed E-state index contributed by atoms with van der Waals surface area (Å²) in [6.07, 6.45) is 4.19. The lowest BCUT2D eigenvalue weighted by molar-refractivity contribution is 0.0816. The van der Waals surface area contributed by atoms with Crippen LogP contribution in [0, 0.1) is 0 Å². The minimum atomic E-state index is -0.500.